The Morgan fingerprint density at radius 3 is 2.18 bits per heavy atom. The van der Waals surface area contributed by atoms with Gasteiger partial charge in [-0.2, -0.15) is 0 Å². The molecule has 3 N–H and O–H groups in total. The maximum atomic E-state index is 12.6. The summed E-state index contributed by atoms with van der Waals surface area (Å²) in [5.41, 5.74) is 6.48. The molecule has 124 valence electrons. The highest BCUT2D eigenvalue weighted by molar-refractivity contribution is 7.89. The zero-order valence-electron chi connectivity index (χ0n) is 13.3. The standard InChI is InChI=1S/C15H24N2O4S/c1-10-8-13(20-2)14(21-3)9-15(10)22(18,19)17-12-6-4-11(16)5-7-12/h8-9,11-12,17H,4-7,16H2,1-3H3. The first kappa shape index (κ1) is 17.1. The second kappa shape index (κ2) is 6.85. The van der Waals surface area contributed by atoms with Gasteiger partial charge in [-0.25, -0.2) is 13.1 Å². The number of nitrogens with two attached hydrogens (primary N) is 1. The molecule has 1 aliphatic carbocycles. The monoisotopic (exact) mass is 328 g/mol. The Morgan fingerprint density at radius 1 is 1.09 bits per heavy atom. The van der Waals surface area contributed by atoms with Crippen LogP contribution in [-0.4, -0.2) is 34.7 Å². The number of sulfonamides is 1. The zero-order valence-corrected chi connectivity index (χ0v) is 14.1. The maximum absolute atomic E-state index is 12.6. The fraction of sp³-hybridized carbons (Fsp3) is 0.600. The highest BCUT2D eigenvalue weighted by Gasteiger charge is 2.26. The van der Waals surface area contributed by atoms with Gasteiger partial charge < -0.3 is 15.2 Å². The molecule has 0 radical (unpaired) electrons. The minimum absolute atomic E-state index is 0.0581. The third-order valence-electron chi connectivity index (χ3n) is 4.06. The number of aryl methyl sites for hydroxylation is 1. The van der Waals surface area contributed by atoms with Crippen molar-refractivity contribution in [3.05, 3.63) is 17.7 Å². The van der Waals surface area contributed by atoms with Crippen LogP contribution >= 0.6 is 0 Å². The Kier molecular flexibility index (Phi) is 5.31. The molecule has 0 bridgehead atoms. The molecule has 0 unspecified atom stereocenters. The van der Waals surface area contributed by atoms with Gasteiger partial charge in [-0.15, -0.1) is 0 Å². The summed E-state index contributed by atoms with van der Waals surface area (Å²) in [4.78, 5) is 0.222. The average molecular weight is 328 g/mol. The SMILES string of the molecule is COc1cc(C)c(S(=O)(=O)NC2CCC(N)CC2)cc1OC. The lowest BCUT2D eigenvalue weighted by Gasteiger charge is -2.27. The van der Waals surface area contributed by atoms with Crippen LogP contribution < -0.4 is 19.9 Å². The molecule has 0 spiro atoms. The van der Waals surface area contributed by atoms with E-state index in [1.54, 1.807) is 13.0 Å². The fourth-order valence-electron chi connectivity index (χ4n) is 2.77. The second-order valence-electron chi connectivity index (χ2n) is 5.71. The van der Waals surface area contributed by atoms with E-state index in [4.69, 9.17) is 15.2 Å². The summed E-state index contributed by atoms with van der Waals surface area (Å²) in [7, 11) is -0.584. The Bertz CT molecular complexity index is 623. The van der Waals surface area contributed by atoms with E-state index in [2.05, 4.69) is 4.72 Å². The van der Waals surface area contributed by atoms with Crippen molar-refractivity contribution in [2.75, 3.05) is 14.2 Å². The number of ether oxygens (including phenoxy) is 2. The van der Waals surface area contributed by atoms with E-state index in [-0.39, 0.29) is 17.0 Å². The molecule has 0 saturated heterocycles. The normalized spacial score (nSPS) is 22.4. The molecular weight excluding hydrogens is 304 g/mol. The predicted molar refractivity (Wildman–Crippen MR) is 84.8 cm³/mol. The summed E-state index contributed by atoms with van der Waals surface area (Å²) in [5.74, 6) is 0.918. The van der Waals surface area contributed by atoms with Crippen molar-refractivity contribution in [2.45, 2.75) is 49.6 Å². The van der Waals surface area contributed by atoms with Gasteiger partial charge in [0.25, 0.3) is 0 Å². The number of hydrogen-bond donors (Lipinski definition) is 2. The van der Waals surface area contributed by atoms with Crippen LogP contribution in [0.5, 0.6) is 11.5 Å². The summed E-state index contributed by atoms with van der Waals surface area (Å²) >= 11 is 0. The van der Waals surface area contributed by atoms with Gasteiger partial charge in [-0.05, 0) is 44.2 Å². The van der Waals surface area contributed by atoms with Crippen LogP contribution in [0.3, 0.4) is 0 Å². The van der Waals surface area contributed by atoms with Gasteiger partial charge in [-0.3, -0.25) is 0 Å². The molecule has 0 aliphatic heterocycles. The smallest absolute Gasteiger partial charge is 0.241 e. The molecule has 6 nitrogen and oxygen atoms in total. The fourth-order valence-corrected chi connectivity index (χ4v) is 4.32. The van der Waals surface area contributed by atoms with Gasteiger partial charge >= 0.3 is 0 Å². The third kappa shape index (κ3) is 3.71. The first-order valence-corrected chi connectivity index (χ1v) is 8.86. The van der Waals surface area contributed by atoms with Gasteiger partial charge in [0.05, 0.1) is 19.1 Å². The molecule has 0 heterocycles. The van der Waals surface area contributed by atoms with E-state index < -0.39 is 10.0 Å². The van der Waals surface area contributed by atoms with Crippen LogP contribution in [0.15, 0.2) is 17.0 Å². The number of rotatable bonds is 5. The minimum atomic E-state index is -3.59. The molecule has 0 amide bonds. The molecule has 1 aromatic carbocycles. The van der Waals surface area contributed by atoms with E-state index in [0.717, 1.165) is 25.7 Å². The van der Waals surface area contributed by atoms with Crippen molar-refractivity contribution in [1.82, 2.24) is 4.72 Å². The minimum Gasteiger partial charge on any atom is -0.493 e. The zero-order chi connectivity index (χ0) is 16.3. The molecule has 22 heavy (non-hydrogen) atoms. The van der Waals surface area contributed by atoms with E-state index >= 15 is 0 Å². The first-order chi connectivity index (χ1) is 10.4. The van der Waals surface area contributed by atoms with Crippen molar-refractivity contribution in [1.29, 1.82) is 0 Å². The number of benzene rings is 1. The van der Waals surface area contributed by atoms with E-state index in [1.165, 1.54) is 20.3 Å². The second-order valence-corrected chi connectivity index (χ2v) is 7.39. The van der Waals surface area contributed by atoms with E-state index in [1.807, 2.05) is 0 Å². The predicted octanol–water partition coefficient (Wildman–Crippen LogP) is 1.56. The highest BCUT2D eigenvalue weighted by atomic mass is 32.2. The molecule has 0 aromatic heterocycles. The van der Waals surface area contributed by atoms with Crippen molar-refractivity contribution < 1.29 is 17.9 Å². The number of hydrogen-bond acceptors (Lipinski definition) is 5. The van der Waals surface area contributed by atoms with Crippen molar-refractivity contribution in [3.8, 4) is 11.5 Å². The Balaban J connectivity index is 2.25. The third-order valence-corrected chi connectivity index (χ3v) is 5.73. The van der Waals surface area contributed by atoms with Crippen LogP contribution in [0.4, 0.5) is 0 Å². The Labute approximate surface area is 132 Å². The summed E-state index contributed by atoms with van der Waals surface area (Å²) in [6.07, 6.45) is 3.23. The van der Waals surface area contributed by atoms with Crippen LogP contribution in [-0.2, 0) is 10.0 Å². The van der Waals surface area contributed by atoms with Crippen molar-refractivity contribution >= 4 is 10.0 Å². The molecule has 7 heteroatoms. The van der Waals surface area contributed by atoms with E-state index in [9.17, 15) is 8.42 Å². The van der Waals surface area contributed by atoms with Gasteiger partial charge in [0, 0.05) is 18.2 Å². The van der Waals surface area contributed by atoms with Gasteiger partial charge in [0.15, 0.2) is 11.5 Å². The lowest BCUT2D eigenvalue weighted by Crippen LogP contribution is -2.40. The van der Waals surface area contributed by atoms with Gasteiger partial charge in [-0.1, -0.05) is 0 Å². The highest BCUT2D eigenvalue weighted by Crippen LogP contribution is 2.32. The molecular formula is C15H24N2O4S. The van der Waals surface area contributed by atoms with Crippen LogP contribution in [0.1, 0.15) is 31.2 Å². The lowest BCUT2D eigenvalue weighted by atomic mass is 9.93. The molecule has 0 atom stereocenters. The van der Waals surface area contributed by atoms with Gasteiger partial charge in [0.2, 0.25) is 10.0 Å². The quantitative estimate of drug-likeness (QED) is 0.856. The van der Waals surface area contributed by atoms with Crippen LogP contribution in [0.2, 0.25) is 0 Å². The molecule has 1 fully saturated rings. The van der Waals surface area contributed by atoms with E-state index in [0.29, 0.717) is 17.1 Å². The number of nitrogens with one attached hydrogen (secondary N) is 1. The molecule has 1 aliphatic rings. The van der Waals surface area contributed by atoms with Gasteiger partial charge in [0.1, 0.15) is 0 Å². The molecule has 2 rings (SSSR count). The maximum Gasteiger partial charge on any atom is 0.241 e. The summed E-state index contributed by atoms with van der Waals surface area (Å²) in [6, 6.07) is 3.30. The van der Waals surface area contributed by atoms with Crippen LogP contribution in [0, 0.1) is 6.92 Å². The Morgan fingerprint density at radius 2 is 1.64 bits per heavy atom. The molecule has 1 aromatic rings. The first-order valence-electron chi connectivity index (χ1n) is 7.38. The average Bonchev–Trinajstić information content (AvgIpc) is 2.48. The number of methoxy groups -OCH3 is 2. The van der Waals surface area contributed by atoms with Crippen molar-refractivity contribution in [3.63, 3.8) is 0 Å². The lowest BCUT2D eigenvalue weighted by molar-refractivity contribution is 0.353. The summed E-state index contributed by atoms with van der Waals surface area (Å²) in [5, 5.41) is 0. The summed E-state index contributed by atoms with van der Waals surface area (Å²) < 4.78 is 38.4. The molecule has 1 saturated carbocycles. The van der Waals surface area contributed by atoms with Crippen molar-refractivity contribution in [2.24, 2.45) is 5.73 Å². The Hall–Kier alpha value is -1.31. The largest absolute Gasteiger partial charge is 0.493 e. The van der Waals surface area contributed by atoms with Crippen LogP contribution in [0.25, 0.3) is 0 Å². The topological polar surface area (TPSA) is 90.7 Å². The summed E-state index contributed by atoms with van der Waals surface area (Å²) in [6.45, 7) is 1.74.